The SMILES string of the molecule is CC(=O)N1CCN(C(=O)C(C)n2cc(I)cn2)CC1. The molecule has 1 aromatic rings. The van der Waals surface area contributed by atoms with Crippen LogP contribution in [0.4, 0.5) is 0 Å². The van der Waals surface area contributed by atoms with E-state index >= 15 is 0 Å². The second-order valence-electron chi connectivity index (χ2n) is 4.65. The standard InChI is InChI=1S/C12H17IN4O2/c1-9(17-8-11(13)7-14-17)12(19)16-5-3-15(4-6-16)10(2)18/h7-9H,3-6H2,1-2H3. The summed E-state index contributed by atoms with van der Waals surface area (Å²) in [6.07, 6.45) is 3.59. The summed E-state index contributed by atoms with van der Waals surface area (Å²) in [6.45, 7) is 5.84. The van der Waals surface area contributed by atoms with Crippen molar-refractivity contribution in [2.75, 3.05) is 26.2 Å². The highest BCUT2D eigenvalue weighted by atomic mass is 127. The smallest absolute Gasteiger partial charge is 0.247 e. The van der Waals surface area contributed by atoms with Crippen LogP contribution in [0.15, 0.2) is 12.4 Å². The molecule has 1 fully saturated rings. The highest BCUT2D eigenvalue weighted by molar-refractivity contribution is 14.1. The van der Waals surface area contributed by atoms with Crippen molar-refractivity contribution in [3.05, 3.63) is 16.0 Å². The van der Waals surface area contributed by atoms with E-state index in [0.29, 0.717) is 26.2 Å². The van der Waals surface area contributed by atoms with Crippen LogP contribution in [0.2, 0.25) is 0 Å². The van der Waals surface area contributed by atoms with Gasteiger partial charge in [-0.05, 0) is 29.5 Å². The Morgan fingerprint density at radius 2 is 1.84 bits per heavy atom. The molecule has 1 aliphatic heterocycles. The van der Waals surface area contributed by atoms with Crippen LogP contribution in [-0.2, 0) is 9.59 Å². The summed E-state index contributed by atoms with van der Waals surface area (Å²) in [7, 11) is 0. The van der Waals surface area contributed by atoms with Crippen molar-refractivity contribution in [2.24, 2.45) is 0 Å². The number of carbonyl (C=O) groups is 2. The average molecular weight is 376 g/mol. The highest BCUT2D eigenvalue weighted by Crippen LogP contribution is 2.13. The molecule has 1 aliphatic rings. The zero-order chi connectivity index (χ0) is 14.0. The zero-order valence-corrected chi connectivity index (χ0v) is 13.2. The van der Waals surface area contributed by atoms with Crippen molar-refractivity contribution in [1.82, 2.24) is 19.6 Å². The third-order valence-corrected chi connectivity index (χ3v) is 3.92. The normalized spacial score (nSPS) is 17.4. The number of rotatable bonds is 2. The largest absolute Gasteiger partial charge is 0.339 e. The van der Waals surface area contributed by atoms with Gasteiger partial charge >= 0.3 is 0 Å². The molecule has 104 valence electrons. The van der Waals surface area contributed by atoms with E-state index in [1.807, 2.05) is 13.1 Å². The molecular weight excluding hydrogens is 359 g/mol. The number of amides is 2. The van der Waals surface area contributed by atoms with E-state index in [0.717, 1.165) is 3.57 Å². The van der Waals surface area contributed by atoms with E-state index in [1.54, 1.807) is 27.6 Å². The lowest BCUT2D eigenvalue weighted by molar-refractivity contribution is -0.140. The zero-order valence-electron chi connectivity index (χ0n) is 11.0. The Bertz CT molecular complexity index is 480. The molecule has 2 amide bonds. The maximum atomic E-state index is 12.3. The van der Waals surface area contributed by atoms with E-state index in [-0.39, 0.29) is 17.9 Å². The number of hydrogen-bond donors (Lipinski definition) is 0. The van der Waals surface area contributed by atoms with E-state index in [4.69, 9.17) is 0 Å². The molecule has 7 heteroatoms. The quantitative estimate of drug-likeness (QED) is 0.716. The van der Waals surface area contributed by atoms with Crippen LogP contribution in [0.1, 0.15) is 19.9 Å². The van der Waals surface area contributed by atoms with Crippen LogP contribution >= 0.6 is 22.6 Å². The minimum atomic E-state index is -0.299. The highest BCUT2D eigenvalue weighted by Gasteiger charge is 2.26. The monoisotopic (exact) mass is 376 g/mol. The first-order chi connectivity index (χ1) is 8.99. The lowest BCUT2D eigenvalue weighted by atomic mass is 10.2. The Kier molecular flexibility index (Phi) is 4.43. The van der Waals surface area contributed by atoms with E-state index in [9.17, 15) is 9.59 Å². The molecule has 1 unspecified atom stereocenters. The van der Waals surface area contributed by atoms with E-state index in [2.05, 4.69) is 27.7 Å². The predicted molar refractivity (Wildman–Crippen MR) is 78.5 cm³/mol. The van der Waals surface area contributed by atoms with Gasteiger partial charge in [0.05, 0.1) is 9.77 Å². The van der Waals surface area contributed by atoms with Gasteiger partial charge in [0.25, 0.3) is 0 Å². The fourth-order valence-corrected chi connectivity index (χ4v) is 2.56. The van der Waals surface area contributed by atoms with Gasteiger partial charge in [-0.25, -0.2) is 0 Å². The van der Waals surface area contributed by atoms with Crippen LogP contribution in [0.25, 0.3) is 0 Å². The first-order valence-corrected chi connectivity index (χ1v) is 7.31. The average Bonchev–Trinajstić information content (AvgIpc) is 2.84. The van der Waals surface area contributed by atoms with Gasteiger partial charge in [0, 0.05) is 39.3 Å². The molecular formula is C12H17IN4O2. The fourth-order valence-electron chi connectivity index (χ4n) is 2.15. The summed E-state index contributed by atoms with van der Waals surface area (Å²) in [6, 6.07) is -0.299. The molecule has 0 spiro atoms. The Morgan fingerprint density at radius 3 is 2.32 bits per heavy atom. The van der Waals surface area contributed by atoms with Crippen LogP contribution in [0, 0.1) is 3.57 Å². The maximum Gasteiger partial charge on any atom is 0.247 e. The van der Waals surface area contributed by atoms with Gasteiger partial charge in [-0.2, -0.15) is 5.10 Å². The van der Waals surface area contributed by atoms with Crippen molar-refractivity contribution < 1.29 is 9.59 Å². The number of hydrogen-bond acceptors (Lipinski definition) is 3. The van der Waals surface area contributed by atoms with Gasteiger partial charge in [-0.1, -0.05) is 0 Å². The summed E-state index contributed by atoms with van der Waals surface area (Å²) in [4.78, 5) is 27.2. The van der Waals surface area contributed by atoms with Crippen LogP contribution in [0.3, 0.4) is 0 Å². The molecule has 2 rings (SSSR count). The minimum Gasteiger partial charge on any atom is -0.339 e. The third kappa shape index (κ3) is 3.26. The van der Waals surface area contributed by atoms with Crippen LogP contribution in [-0.4, -0.2) is 57.6 Å². The Balaban J connectivity index is 1.96. The van der Waals surface area contributed by atoms with Gasteiger partial charge in [0.2, 0.25) is 11.8 Å². The molecule has 0 aliphatic carbocycles. The molecule has 0 radical (unpaired) electrons. The van der Waals surface area contributed by atoms with Crippen molar-refractivity contribution in [1.29, 1.82) is 0 Å². The molecule has 0 saturated carbocycles. The fraction of sp³-hybridized carbons (Fsp3) is 0.583. The molecule has 2 heterocycles. The second-order valence-corrected chi connectivity index (χ2v) is 5.89. The molecule has 0 N–H and O–H groups in total. The van der Waals surface area contributed by atoms with E-state index in [1.165, 1.54) is 0 Å². The number of nitrogens with zero attached hydrogens (tertiary/aromatic N) is 4. The van der Waals surface area contributed by atoms with Gasteiger partial charge in [-0.15, -0.1) is 0 Å². The first kappa shape index (κ1) is 14.3. The van der Waals surface area contributed by atoms with Crippen molar-refractivity contribution >= 4 is 34.4 Å². The number of aromatic nitrogens is 2. The summed E-state index contributed by atoms with van der Waals surface area (Å²) in [5.41, 5.74) is 0. The lowest BCUT2D eigenvalue weighted by Crippen LogP contribution is -2.51. The number of halogens is 1. The van der Waals surface area contributed by atoms with Crippen molar-refractivity contribution in [3.63, 3.8) is 0 Å². The van der Waals surface area contributed by atoms with Gasteiger partial charge < -0.3 is 9.80 Å². The molecule has 1 aromatic heterocycles. The van der Waals surface area contributed by atoms with Crippen molar-refractivity contribution in [2.45, 2.75) is 19.9 Å². The molecule has 1 saturated heterocycles. The minimum absolute atomic E-state index is 0.0581. The van der Waals surface area contributed by atoms with Gasteiger partial charge in [0.15, 0.2) is 0 Å². The predicted octanol–water partition coefficient (Wildman–Crippen LogP) is 0.739. The molecule has 6 nitrogen and oxygen atoms in total. The van der Waals surface area contributed by atoms with Crippen LogP contribution < -0.4 is 0 Å². The first-order valence-electron chi connectivity index (χ1n) is 6.23. The molecule has 1 atom stereocenters. The maximum absolute atomic E-state index is 12.3. The Hall–Kier alpha value is -1.12. The molecule has 19 heavy (non-hydrogen) atoms. The molecule has 0 aromatic carbocycles. The van der Waals surface area contributed by atoms with E-state index < -0.39 is 0 Å². The van der Waals surface area contributed by atoms with Crippen molar-refractivity contribution in [3.8, 4) is 0 Å². The third-order valence-electron chi connectivity index (χ3n) is 3.36. The number of carbonyl (C=O) groups excluding carboxylic acids is 2. The summed E-state index contributed by atoms with van der Waals surface area (Å²) in [5, 5.41) is 4.17. The molecule has 0 bridgehead atoms. The Morgan fingerprint density at radius 1 is 1.26 bits per heavy atom. The topological polar surface area (TPSA) is 58.4 Å². The Labute approximate surface area is 125 Å². The van der Waals surface area contributed by atoms with Gasteiger partial charge in [-0.3, -0.25) is 14.3 Å². The summed E-state index contributed by atoms with van der Waals surface area (Å²) in [5.74, 6) is 0.129. The number of piperazine rings is 1. The second kappa shape index (κ2) is 5.89. The van der Waals surface area contributed by atoms with Crippen LogP contribution in [0.5, 0.6) is 0 Å². The van der Waals surface area contributed by atoms with Gasteiger partial charge in [0.1, 0.15) is 6.04 Å². The summed E-state index contributed by atoms with van der Waals surface area (Å²) < 4.78 is 2.69. The summed E-state index contributed by atoms with van der Waals surface area (Å²) >= 11 is 2.17. The lowest BCUT2D eigenvalue weighted by Gasteiger charge is -2.35.